The van der Waals surface area contributed by atoms with Crippen molar-refractivity contribution < 1.29 is 14.4 Å². The molecule has 0 radical (unpaired) electrons. The summed E-state index contributed by atoms with van der Waals surface area (Å²) >= 11 is 0. The zero-order chi connectivity index (χ0) is 35.5. The lowest BCUT2D eigenvalue weighted by Gasteiger charge is -2.38. The standard InChI is InChI=1S/C39H52N8O3/c1-6-41-36-25(3)32(20-24(2)35(36)37(40)48)39(50)44-30-21-28-8-7-15-47(33(28)22-30)34-14-11-29(23-42-34)38(49)43-26(4)27-9-12-31(13-10-27)46-18-16-45(5)17-19-46/h9-14,20,23,26,28,30,33,41H,6-8,15-19,21-22H2,1-5H3,(H2,40,48)(H,43,49)(H,44,50)/t26-,28?,30?,33?/m0/s1. The molecular formula is C39H52N8O3. The summed E-state index contributed by atoms with van der Waals surface area (Å²) in [7, 11) is 2.16. The van der Waals surface area contributed by atoms with Gasteiger partial charge in [0.15, 0.2) is 0 Å². The first-order valence-electron chi connectivity index (χ1n) is 18.1. The van der Waals surface area contributed by atoms with Crippen molar-refractivity contribution in [1.82, 2.24) is 20.5 Å². The van der Waals surface area contributed by atoms with Crippen molar-refractivity contribution in [2.45, 2.75) is 71.5 Å². The van der Waals surface area contributed by atoms with E-state index in [0.29, 0.717) is 40.4 Å². The molecule has 2 aliphatic heterocycles. The molecule has 266 valence electrons. The third-order valence-corrected chi connectivity index (χ3v) is 10.9. The fourth-order valence-corrected chi connectivity index (χ4v) is 8.11. The average Bonchev–Trinajstić information content (AvgIpc) is 3.52. The minimum atomic E-state index is -0.507. The molecule has 3 amide bonds. The smallest absolute Gasteiger partial charge is 0.253 e. The first kappa shape index (κ1) is 35.2. The lowest BCUT2D eigenvalue weighted by atomic mass is 9.92. The molecule has 6 rings (SSSR count). The molecule has 11 nitrogen and oxygen atoms in total. The molecule has 4 atom stereocenters. The average molecular weight is 681 g/mol. The van der Waals surface area contributed by atoms with E-state index in [9.17, 15) is 14.4 Å². The zero-order valence-electron chi connectivity index (χ0n) is 30.1. The first-order chi connectivity index (χ1) is 24.0. The second kappa shape index (κ2) is 15.1. The maximum absolute atomic E-state index is 13.6. The molecule has 0 spiro atoms. The van der Waals surface area contributed by atoms with Crippen LogP contribution >= 0.6 is 0 Å². The van der Waals surface area contributed by atoms with Crippen molar-refractivity contribution in [1.29, 1.82) is 0 Å². The predicted octanol–water partition coefficient (Wildman–Crippen LogP) is 4.65. The van der Waals surface area contributed by atoms with Crippen molar-refractivity contribution in [3.63, 3.8) is 0 Å². The maximum Gasteiger partial charge on any atom is 0.253 e. The summed E-state index contributed by atoms with van der Waals surface area (Å²) in [4.78, 5) is 50.9. The predicted molar refractivity (Wildman–Crippen MR) is 199 cm³/mol. The second-order valence-electron chi connectivity index (χ2n) is 14.3. The number of aryl methyl sites for hydroxylation is 1. The Morgan fingerprint density at radius 1 is 0.980 bits per heavy atom. The second-order valence-corrected chi connectivity index (χ2v) is 14.3. The van der Waals surface area contributed by atoms with Gasteiger partial charge in [0.05, 0.1) is 22.9 Å². The topological polar surface area (TPSA) is 136 Å². The number of amides is 3. The fourth-order valence-electron chi connectivity index (χ4n) is 8.11. The third kappa shape index (κ3) is 7.43. The van der Waals surface area contributed by atoms with E-state index in [-0.39, 0.29) is 29.9 Å². The van der Waals surface area contributed by atoms with Crippen LogP contribution in [0.1, 0.15) is 93.3 Å². The summed E-state index contributed by atoms with van der Waals surface area (Å²) in [5.41, 5.74) is 11.5. The number of hydrogen-bond donors (Lipinski definition) is 4. The van der Waals surface area contributed by atoms with Gasteiger partial charge < -0.3 is 36.4 Å². The quantitative estimate of drug-likeness (QED) is 0.243. The van der Waals surface area contributed by atoms with Crippen molar-refractivity contribution in [3.05, 3.63) is 82.0 Å². The number of benzene rings is 2. The van der Waals surface area contributed by atoms with Gasteiger partial charge in [0.25, 0.3) is 17.7 Å². The van der Waals surface area contributed by atoms with Gasteiger partial charge >= 0.3 is 0 Å². The molecule has 3 aliphatic rings. The van der Waals surface area contributed by atoms with E-state index in [0.717, 1.165) is 75.4 Å². The highest BCUT2D eigenvalue weighted by molar-refractivity contribution is 6.05. The van der Waals surface area contributed by atoms with Crippen molar-refractivity contribution in [3.8, 4) is 0 Å². The van der Waals surface area contributed by atoms with Crippen LogP contribution in [0.3, 0.4) is 0 Å². The van der Waals surface area contributed by atoms with Crippen LogP contribution in [0.5, 0.6) is 0 Å². The molecule has 2 saturated heterocycles. The maximum atomic E-state index is 13.6. The highest BCUT2D eigenvalue weighted by Crippen LogP contribution is 2.39. The molecule has 2 aromatic carbocycles. The van der Waals surface area contributed by atoms with E-state index in [1.807, 2.05) is 39.8 Å². The summed E-state index contributed by atoms with van der Waals surface area (Å²) < 4.78 is 0. The number of aromatic nitrogens is 1. The van der Waals surface area contributed by atoms with Crippen LogP contribution < -0.4 is 31.5 Å². The number of carbonyl (C=O) groups is 3. The number of nitrogens with one attached hydrogen (secondary N) is 3. The van der Waals surface area contributed by atoms with Gasteiger partial charge in [-0.1, -0.05) is 12.1 Å². The molecule has 11 heteroatoms. The van der Waals surface area contributed by atoms with E-state index in [1.54, 1.807) is 12.3 Å². The molecule has 3 heterocycles. The lowest BCUT2D eigenvalue weighted by molar-refractivity contribution is 0.0929. The molecule has 50 heavy (non-hydrogen) atoms. The van der Waals surface area contributed by atoms with Gasteiger partial charge in [0.2, 0.25) is 0 Å². The number of piperazine rings is 1. The number of piperidine rings is 1. The highest BCUT2D eigenvalue weighted by atomic mass is 16.2. The molecular weight excluding hydrogens is 628 g/mol. The fraction of sp³-hybridized carbons (Fsp3) is 0.487. The molecule has 1 aliphatic carbocycles. The number of nitrogens with two attached hydrogens (primary N) is 1. The van der Waals surface area contributed by atoms with Gasteiger partial charge in [0.1, 0.15) is 5.82 Å². The van der Waals surface area contributed by atoms with E-state index in [2.05, 4.69) is 62.0 Å². The Balaban J connectivity index is 1.07. The number of fused-ring (bicyclic) bond motifs is 1. The van der Waals surface area contributed by atoms with Crippen LogP contribution in [0.2, 0.25) is 0 Å². The van der Waals surface area contributed by atoms with Crippen LogP contribution in [0.25, 0.3) is 0 Å². The van der Waals surface area contributed by atoms with Crippen molar-refractivity contribution in [2.75, 3.05) is 61.4 Å². The monoisotopic (exact) mass is 680 g/mol. The summed E-state index contributed by atoms with van der Waals surface area (Å²) in [6.45, 7) is 13.3. The van der Waals surface area contributed by atoms with Gasteiger partial charge in [-0.3, -0.25) is 14.4 Å². The molecule has 1 aromatic heterocycles. The first-order valence-corrected chi connectivity index (χ1v) is 18.1. The minimum absolute atomic E-state index is 0.0263. The molecule has 0 bridgehead atoms. The molecule has 3 unspecified atom stereocenters. The number of primary amides is 1. The van der Waals surface area contributed by atoms with Gasteiger partial charge in [-0.05, 0) is 113 Å². The van der Waals surface area contributed by atoms with E-state index in [1.165, 1.54) is 5.69 Å². The van der Waals surface area contributed by atoms with E-state index < -0.39 is 5.91 Å². The summed E-state index contributed by atoms with van der Waals surface area (Å²) in [6, 6.07) is 14.2. The van der Waals surface area contributed by atoms with E-state index >= 15 is 0 Å². The normalized spacial score (nSPS) is 21.3. The van der Waals surface area contributed by atoms with Crippen LogP contribution in [0.15, 0.2) is 48.7 Å². The molecule has 5 N–H and O–H groups in total. The number of rotatable bonds is 10. The third-order valence-electron chi connectivity index (χ3n) is 10.9. The van der Waals surface area contributed by atoms with E-state index in [4.69, 9.17) is 10.7 Å². The number of likely N-dealkylation sites (N-methyl/N-ethyl adjacent to an activating group) is 1. The number of nitrogens with zero attached hydrogens (tertiary/aromatic N) is 4. The Kier molecular flexibility index (Phi) is 10.6. The Bertz CT molecular complexity index is 1700. The molecule has 3 fully saturated rings. The Labute approximate surface area is 296 Å². The van der Waals surface area contributed by atoms with Crippen LogP contribution in [-0.4, -0.2) is 86.0 Å². The Morgan fingerprint density at radius 3 is 2.38 bits per heavy atom. The Morgan fingerprint density at radius 2 is 1.72 bits per heavy atom. The molecule has 3 aromatic rings. The van der Waals surface area contributed by atoms with Crippen molar-refractivity contribution >= 4 is 34.9 Å². The van der Waals surface area contributed by atoms with Gasteiger partial charge in [-0.2, -0.15) is 0 Å². The van der Waals surface area contributed by atoms with Crippen LogP contribution in [0, 0.1) is 19.8 Å². The van der Waals surface area contributed by atoms with Gasteiger partial charge in [0, 0.05) is 68.8 Å². The number of pyridine rings is 1. The Hall–Kier alpha value is -4.64. The number of anilines is 3. The van der Waals surface area contributed by atoms with Gasteiger partial charge in [-0.25, -0.2) is 4.98 Å². The number of carbonyl (C=O) groups excluding carboxylic acids is 3. The summed E-state index contributed by atoms with van der Waals surface area (Å²) in [6.07, 6.45) is 5.56. The van der Waals surface area contributed by atoms with Crippen LogP contribution in [0.4, 0.5) is 17.2 Å². The zero-order valence-corrected chi connectivity index (χ0v) is 30.1. The van der Waals surface area contributed by atoms with Crippen LogP contribution in [-0.2, 0) is 0 Å². The highest BCUT2D eigenvalue weighted by Gasteiger charge is 2.41. The van der Waals surface area contributed by atoms with Crippen molar-refractivity contribution in [2.24, 2.45) is 11.7 Å². The SMILES string of the molecule is CCNc1c(C)c(C(=O)NC2CC3CCCN(c4ccc(C(=O)N[C@@H](C)c5ccc(N6CCN(C)CC6)cc5)cn4)C3C2)cc(C)c1C(N)=O. The summed E-state index contributed by atoms with van der Waals surface area (Å²) in [5.74, 6) is 0.517. The number of hydrogen-bond acceptors (Lipinski definition) is 8. The summed E-state index contributed by atoms with van der Waals surface area (Å²) in [5, 5.41) is 9.68. The minimum Gasteiger partial charge on any atom is -0.384 e. The molecule has 1 saturated carbocycles. The van der Waals surface area contributed by atoms with Gasteiger partial charge in [-0.15, -0.1) is 0 Å². The lowest BCUT2D eigenvalue weighted by Crippen LogP contribution is -2.44. The largest absolute Gasteiger partial charge is 0.384 e.